The van der Waals surface area contributed by atoms with E-state index in [1.807, 2.05) is 30.3 Å². The second kappa shape index (κ2) is 9.70. The number of hydrogen-bond acceptors (Lipinski definition) is 5. The van der Waals surface area contributed by atoms with Gasteiger partial charge in [-0.15, -0.1) is 0 Å². The Morgan fingerprint density at radius 1 is 1.37 bits per heavy atom. The average molecular weight is 505 g/mol. The number of halogens is 3. The number of hydrogen-bond donors (Lipinski definition) is 3. The molecule has 0 saturated heterocycles. The number of alkyl halides is 1. The molecule has 2 aromatic carbocycles. The van der Waals surface area contributed by atoms with Crippen LogP contribution in [0, 0.1) is 5.82 Å². The van der Waals surface area contributed by atoms with E-state index in [-0.39, 0.29) is 47.1 Å². The molecule has 0 bridgehead atoms. The van der Waals surface area contributed by atoms with Crippen molar-refractivity contribution in [1.29, 1.82) is 0 Å². The Hall–Kier alpha value is -2.78. The van der Waals surface area contributed by atoms with Gasteiger partial charge in [0, 0.05) is 41.3 Å². The largest absolute Gasteiger partial charge is 0.480 e. The van der Waals surface area contributed by atoms with Crippen LogP contribution in [0.15, 0.2) is 54.1 Å². The Balaban J connectivity index is 1.93. The predicted molar refractivity (Wildman–Crippen MR) is 129 cm³/mol. The number of aliphatic hydroxyl groups excluding tert-OH is 1. The Labute approximate surface area is 207 Å². The zero-order chi connectivity index (χ0) is 25.4. The second-order valence-electron chi connectivity index (χ2n) is 8.84. The number of primary amides is 1. The molecule has 2 unspecified atom stereocenters. The molecule has 1 amide bonds. The number of likely N-dealkylation sites (N-methyl/N-ethyl adjacent to an activating group) is 1. The van der Waals surface area contributed by atoms with Gasteiger partial charge in [-0.3, -0.25) is 4.79 Å². The molecule has 0 radical (unpaired) electrons. The van der Waals surface area contributed by atoms with Gasteiger partial charge in [-0.25, -0.2) is 8.78 Å². The van der Waals surface area contributed by atoms with E-state index in [9.17, 15) is 9.90 Å². The van der Waals surface area contributed by atoms with Crippen molar-refractivity contribution in [2.24, 2.45) is 5.73 Å². The number of amides is 1. The van der Waals surface area contributed by atoms with Gasteiger partial charge in [0.1, 0.15) is 17.2 Å². The first kappa shape index (κ1) is 25.3. The third-order valence-corrected chi connectivity index (χ3v) is 6.85. The maximum absolute atomic E-state index is 16.2. The predicted octanol–water partition coefficient (Wildman–Crippen LogP) is 3.44. The van der Waals surface area contributed by atoms with Crippen LogP contribution in [0.5, 0.6) is 5.75 Å². The minimum absolute atomic E-state index is 0.0278. The van der Waals surface area contributed by atoms with E-state index in [0.717, 1.165) is 5.56 Å². The maximum atomic E-state index is 16.2. The van der Waals surface area contributed by atoms with Crippen LogP contribution in [-0.2, 0) is 21.6 Å². The summed E-state index contributed by atoms with van der Waals surface area (Å²) in [6, 6.07) is 10.6. The third kappa shape index (κ3) is 4.36. The van der Waals surface area contributed by atoms with Gasteiger partial charge >= 0.3 is 0 Å². The van der Waals surface area contributed by atoms with Gasteiger partial charge in [0.25, 0.3) is 0 Å². The summed E-state index contributed by atoms with van der Waals surface area (Å²) < 4.78 is 43.2. The van der Waals surface area contributed by atoms with E-state index < -0.39 is 29.1 Å². The van der Waals surface area contributed by atoms with Crippen LogP contribution in [0.2, 0.25) is 5.02 Å². The van der Waals surface area contributed by atoms with E-state index in [4.69, 9.17) is 26.8 Å². The highest BCUT2D eigenvalue weighted by Gasteiger charge is 2.47. The lowest BCUT2D eigenvalue weighted by molar-refractivity contribution is -0.114. The molecule has 4 rings (SSSR count). The van der Waals surface area contributed by atoms with E-state index >= 15 is 8.78 Å². The summed E-state index contributed by atoms with van der Waals surface area (Å²) in [5, 5.41) is 12.0. The highest BCUT2D eigenvalue weighted by atomic mass is 35.5. The van der Waals surface area contributed by atoms with Crippen molar-refractivity contribution in [3.63, 3.8) is 0 Å². The lowest BCUT2D eigenvalue weighted by Crippen LogP contribution is -2.42. The second-order valence-corrected chi connectivity index (χ2v) is 9.21. The van der Waals surface area contributed by atoms with Crippen LogP contribution < -0.4 is 15.8 Å². The van der Waals surface area contributed by atoms with Crippen LogP contribution in [0.25, 0.3) is 5.57 Å². The van der Waals surface area contributed by atoms with Crippen LogP contribution in [0.4, 0.5) is 8.78 Å². The number of aliphatic hydroxyl groups is 1. The molecule has 2 aromatic rings. The topological polar surface area (TPSA) is 93.8 Å². The summed E-state index contributed by atoms with van der Waals surface area (Å²) in [5.74, 6) is -1.50. The van der Waals surface area contributed by atoms with Crippen molar-refractivity contribution in [3.8, 4) is 5.75 Å². The van der Waals surface area contributed by atoms with Crippen molar-refractivity contribution in [2.45, 2.75) is 30.7 Å². The van der Waals surface area contributed by atoms with Crippen LogP contribution in [-0.4, -0.2) is 49.6 Å². The Bertz CT molecular complexity index is 1200. The van der Waals surface area contributed by atoms with E-state index in [0.29, 0.717) is 12.1 Å². The number of nitrogens with two attached hydrogens (primary N) is 1. The van der Waals surface area contributed by atoms with Crippen molar-refractivity contribution >= 4 is 23.1 Å². The van der Waals surface area contributed by atoms with E-state index in [1.54, 1.807) is 7.05 Å². The molecule has 1 aliphatic carbocycles. The number of fused-ring (bicyclic) bond motifs is 1. The minimum atomic E-state index is -1.93. The highest BCUT2D eigenvalue weighted by Crippen LogP contribution is 2.50. The van der Waals surface area contributed by atoms with Crippen LogP contribution in [0.1, 0.15) is 23.6 Å². The zero-order valence-electron chi connectivity index (χ0n) is 19.4. The first-order chi connectivity index (χ1) is 16.7. The maximum Gasteiger partial charge on any atom is 0.249 e. The fourth-order valence-electron chi connectivity index (χ4n) is 4.82. The first-order valence-corrected chi connectivity index (χ1v) is 11.6. The van der Waals surface area contributed by atoms with Gasteiger partial charge in [0.15, 0.2) is 11.8 Å². The number of carbonyl (C=O) groups is 1. The van der Waals surface area contributed by atoms with E-state index in [2.05, 4.69) is 5.32 Å². The van der Waals surface area contributed by atoms with Gasteiger partial charge in [0.2, 0.25) is 5.91 Å². The smallest absolute Gasteiger partial charge is 0.249 e. The fraction of sp³-hybridized carbons (Fsp3) is 0.346. The van der Waals surface area contributed by atoms with Gasteiger partial charge < -0.3 is 25.6 Å². The summed E-state index contributed by atoms with van der Waals surface area (Å²) in [5.41, 5.74) is 4.17. The van der Waals surface area contributed by atoms with E-state index in [1.165, 1.54) is 25.1 Å². The zero-order valence-corrected chi connectivity index (χ0v) is 20.2. The van der Waals surface area contributed by atoms with Crippen molar-refractivity contribution in [1.82, 2.24) is 5.32 Å². The molecular formula is C26H27ClF2N2O4. The van der Waals surface area contributed by atoms with Gasteiger partial charge in [0.05, 0.1) is 18.2 Å². The highest BCUT2D eigenvalue weighted by molar-refractivity contribution is 6.33. The summed E-state index contributed by atoms with van der Waals surface area (Å²) in [4.78, 5) is 12.3. The number of ether oxygens (including phenoxy) is 2. The first-order valence-electron chi connectivity index (χ1n) is 11.2. The molecule has 186 valence electrons. The molecule has 2 aliphatic rings. The molecule has 1 aliphatic heterocycles. The SMILES string of the molecule is CNC[C@@]1(c2ccccc2)Cc2c(cc(F)c(Cl)c2C2=C(C(N)=O)C=CC(C)(OCCO)C2F)O1. The molecule has 0 aromatic heterocycles. The van der Waals surface area contributed by atoms with Crippen molar-refractivity contribution in [3.05, 3.63) is 81.7 Å². The Kier molecular flexibility index (Phi) is 7.02. The molecular weight excluding hydrogens is 478 g/mol. The molecule has 9 heteroatoms. The Morgan fingerprint density at radius 3 is 2.71 bits per heavy atom. The third-order valence-electron chi connectivity index (χ3n) is 6.48. The van der Waals surface area contributed by atoms with Gasteiger partial charge in [-0.05, 0) is 25.6 Å². The number of nitrogens with one attached hydrogen (secondary N) is 1. The summed E-state index contributed by atoms with van der Waals surface area (Å²) >= 11 is 6.46. The molecule has 35 heavy (non-hydrogen) atoms. The summed E-state index contributed by atoms with van der Waals surface area (Å²) in [6.45, 7) is 1.38. The summed E-state index contributed by atoms with van der Waals surface area (Å²) in [7, 11) is 1.77. The lowest BCUT2D eigenvalue weighted by Gasteiger charge is -2.36. The molecule has 0 saturated carbocycles. The quantitative estimate of drug-likeness (QED) is 0.512. The summed E-state index contributed by atoms with van der Waals surface area (Å²) in [6.07, 6.45) is 1.03. The Morgan fingerprint density at radius 2 is 2.09 bits per heavy atom. The fourth-order valence-corrected chi connectivity index (χ4v) is 5.09. The van der Waals surface area contributed by atoms with Crippen LogP contribution >= 0.6 is 11.6 Å². The molecule has 1 heterocycles. The van der Waals surface area contributed by atoms with Gasteiger partial charge in [-0.2, -0.15) is 0 Å². The molecule has 4 N–H and O–H groups in total. The van der Waals surface area contributed by atoms with Crippen molar-refractivity contribution in [2.75, 3.05) is 26.8 Å². The lowest BCUT2D eigenvalue weighted by atomic mass is 9.78. The number of rotatable bonds is 8. The number of carbonyl (C=O) groups excluding carboxylic acids is 1. The standard InChI is InChI=1S/C26H27ClF2N2O4/c1-25(34-11-10-32)9-8-16(24(30)33)21(23(25)29)20-17-13-26(14-31-2,15-6-4-3-5-7-15)35-19(17)12-18(28)22(20)27/h3-9,12,23,31-32H,10-11,13-14H2,1-2H3,(H2,30,33)/t23?,25?,26-/m1/s1. The molecule has 0 spiro atoms. The van der Waals surface area contributed by atoms with Crippen molar-refractivity contribution < 1.29 is 28.2 Å². The monoisotopic (exact) mass is 504 g/mol. The van der Waals surface area contributed by atoms with Crippen LogP contribution in [0.3, 0.4) is 0 Å². The average Bonchev–Trinajstić information content (AvgIpc) is 3.20. The molecule has 6 nitrogen and oxygen atoms in total. The van der Waals surface area contributed by atoms with Gasteiger partial charge in [-0.1, -0.05) is 48.0 Å². The molecule has 0 fully saturated rings. The number of benzene rings is 2. The molecule has 3 atom stereocenters. The minimum Gasteiger partial charge on any atom is -0.480 e. The normalized spacial score (nSPS) is 25.5.